The number of nitrogens with one attached hydrogen (secondary N) is 1. The van der Waals surface area contributed by atoms with Crippen LogP contribution in [-0.2, 0) is 0 Å². The lowest BCUT2D eigenvalue weighted by molar-refractivity contribution is 0.633. The molecule has 0 aliphatic carbocycles. The van der Waals surface area contributed by atoms with Gasteiger partial charge in [0.25, 0.3) is 0 Å². The van der Waals surface area contributed by atoms with Crippen LogP contribution in [0.2, 0.25) is 5.02 Å². The van der Waals surface area contributed by atoms with Crippen LogP contribution in [0.15, 0.2) is 54.9 Å². The van der Waals surface area contributed by atoms with Gasteiger partial charge >= 0.3 is 0 Å². The normalized spacial score (nSPS) is 12.5. The fourth-order valence-corrected chi connectivity index (χ4v) is 2.64. The van der Waals surface area contributed by atoms with Crippen LogP contribution in [0, 0.1) is 0 Å². The lowest BCUT2D eigenvalue weighted by atomic mass is 9.97. The van der Waals surface area contributed by atoms with Crippen molar-refractivity contribution in [2.75, 3.05) is 6.54 Å². The van der Waals surface area contributed by atoms with Gasteiger partial charge < -0.3 is 5.32 Å². The van der Waals surface area contributed by atoms with Gasteiger partial charge in [0.1, 0.15) is 0 Å². The first-order chi connectivity index (χ1) is 10.3. The Hall–Kier alpha value is -1.97. The molecule has 0 bridgehead atoms. The monoisotopic (exact) mass is 297 g/mol. The molecule has 4 heteroatoms. The molecule has 1 atom stereocenters. The molecule has 21 heavy (non-hydrogen) atoms. The molecule has 0 aliphatic heterocycles. The summed E-state index contributed by atoms with van der Waals surface area (Å²) in [5.74, 6) is 0. The average Bonchev–Trinajstić information content (AvgIpc) is 2.53. The first-order valence-corrected chi connectivity index (χ1v) is 7.36. The van der Waals surface area contributed by atoms with E-state index >= 15 is 0 Å². The molecule has 1 N–H and O–H groups in total. The maximum absolute atomic E-state index is 5.99. The van der Waals surface area contributed by atoms with E-state index in [4.69, 9.17) is 11.6 Å². The maximum Gasteiger partial charge on any atom is 0.0937 e. The molecule has 0 saturated heterocycles. The van der Waals surface area contributed by atoms with Crippen molar-refractivity contribution in [2.45, 2.75) is 13.0 Å². The molecule has 3 nitrogen and oxygen atoms in total. The molecule has 0 radical (unpaired) electrons. The van der Waals surface area contributed by atoms with E-state index in [-0.39, 0.29) is 6.04 Å². The highest BCUT2D eigenvalue weighted by atomic mass is 35.5. The second-order valence-corrected chi connectivity index (χ2v) is 5.25. The summed E-state index contributed by atoms with van der Waals surface area (Å²) in [6, 6.07) is 14.1. The predicted molar refractivity (Wildman–Crippen MR) is 86.5 cm³/mol. The largest absolute Gasteiger partial charge is 0.306 e. The van der Waals surface area contributed by atoms with E-state index in [1.54, 1.807) is 12.4 Å². The summed E-state index contributed by atoms with van der Waals surface area (Å²) in [4.78, 5) is 8.88. The van der Waals surface area contributed by atoms with E-state index in [1.165, 1.54) is 5.56 Å². The Bertz CT molecular complexity index is 735. The Morgan fingerprint density at radius 3 is 2.57 bits per heavy atom. The zero-order chi connectivity index (χ0) is 14.7. The highest BCUT2D eigenvalue weighted by Gasteiger charge is 2.16. The van der Waals surface area contributed by atoms with Gasteiger partial charge in [0.15, 0.2) is 0 Å². The third kappa shape index (κ3) is 2.89. The average molecular weight is 298 g/mol. The summed E-state index contributed by atoms with van der Waals surface area (Å²) in [5.41, 5.74) is 4.14. The van der Waals surface area contributed by atoms with E-state index in [9.17, 15) is 0 Å². The van der Waals surface area contributed by atoms with Crippen molar-refractivity contribution in [1.29, 1.82) is 0 Å². The van der Waals surface area contributed by atoms with E-state index in [0.29, 0.717) is 0 Å². The Morgan fingerprint density at radius 1 is 1.05 bits per heavy atom. The summed E-state index contributed by atoms with van der Waals surface area (Å²) in [7, 11) is 0. The highest BCUT2D eigenvalue weighted by Crippen LogP contribution is 2.27. The van der Waals surface area contributed by atoms with Gasteiger partial charge in [0.05, 0.1) is 17.1 Å². The number of hydrogen-bond donors (Lipinski definition) is 1. The van der Waals surface area contributed by atoms with Crippen molar-refractivity contribution >= 4 is 22.6 Å². The lowest BCUT2D eigenvalue weighted by Crippen LogP contribution is -2.22. The van der Waals surface area contributed by atoms with Crippen molar-refractivity contribution in [3.63, 3.8) is 0 Å². The summed E-state index contributed by atoms with van der Waals surface area (Å²) < 4.78 is 0. The van der Waals surface area contributed by atoms with Crippen molar-refractivity contribution in [2.24, 2.45) is 0 Å². The Balaban J connectivity index is 2.13. The van der Waals surface area contributed by atoms with Gasteiger partial charge in [0.2, 0.25) is 0 Å². The fourth-order valence-electron chi connectivity index (χ4n) is 2.51. The second kappa shape index (κ2) is 6.20. The fraction of sp³-hybridized carbons (Fsp3) is 0.176. The Morgan fingerprint density at radius 2 is 1.81 bits per heavy atom. The van der Waals surface area contributed by atoms with Crippen LogP contribution in [0.3, 0.4) is 0 Å². The van der Waals surface area contributed by atoms with Crippen LogP contribution in [-0.4, -0.2) is 16.5 Å². The molecule has 0 spiro atoms. The quantitative estimate of drug-likeness (QED) is 0.791. The van der Waals surface area contributed by atoms with Crippen molar-refractivity contribution in [3.05, 3.63) is 71.0 Å². The molecule has 0 saturated carbocycles. The number of benzene rings is 2. The van der Waals surface area contributed by atoms with Crippen LogP contribution < -0.4 is 5.32 Å². The first-order valence-electron chi connectivity index (χ1n) is 6.98. The van der Waals surface area contributed by atoms with Crippen LogP contribution in [0.1, 0.15) is 24.1 Å². The van der Waals surface area contributed by atoms with Gasteiger partial charge in [-0.1, -0.05) is 42.8 Å². The van der Waals surface area contributed by atoms with Crippen LogP contribution in [0.25, 0.3) is 11.0 Å². The van der Waals surface area contributed by atoms with Gasteiger partial charge in [-0.05, 0) is 30.3 Å². The third-order valence-corrected chi connectivity index (χ3v) is 3.70. The first kappa shape index (κ1) is 14.0. The van der Waals surface area contributed by atoms with E-state index in [2.05, 4.69) is 28.3 Å². The van der Waals surface area contributed by atoms with Gasteiger partial charge in [-0.25, -0.2) is 0 Å². The minimum Gasteiger partial charge on any atom is -0.306 e. The molecule has 0 aliphatic rings. The predicted octanol–water partition coefficient (Wildman–Crippen LogP) is 3.98. The molecular weight excluding hydrogens is 282 g/mol. The number of hydrogen-bond acceptors (Lipinski definition) is 3. The smallest absolute Gasteiger partial charge is 0.0937 e. The van der Waals surface area contributed by atoms with E-state index < -0.39 is 0 Å². The minimum absolute atomic E-state index is 0.0765. The van der Waals surface area contributed by atoms with Crippen molar-refractivity contribution in [3.8, 4) is 0 Å². The van der Waals surface area contributed by atoms with Crippen LogP contribution in [0.5, 0.6) is 0 Å². The maximum atomic E-state index is 5.99. The number of para-hydroxylation sites is 1. The Labute approximate surface area is 129 Å². The molecule has 1 aromatic heterocycles. The molecule has 0 fully saturated rings. The van der Waals surface area contributed by atoms with Crippen molar-refractivity contribution < 1.29 is 0 Å². The third-order valence-electron chi connectivity index (χ3n) is 3.45. The molecule has 2 aromatic carbocycles. The molecule has 3 aromatic rings. The SMILES string of the molecule is CCNC(c1ccc(Cl)cc1)c1cccc2nccnc12. The molecule has 1 unspecified atom stereocenters. The summed E-state index contributed by atoms with van der Waals surface area (Å²) in [6.07, 6.45) is 3.45. The minimum atomic E-state index is 0.0765. The zero-order valence-electron chi connectivity index (χ0n) is 11.8. The number of halogens is 1. The summed E-state index contributed by atoms with van der Waals surface area (Å²) >= 11 is 5.99. The van der Waals surface area contributed by atoms with Gasteiger partial charge in [-0.3, -0.25) is 9.97 Å². The number of rotatable bonds is 4. The van der Waals surface area contributed by atoms with Gasteiger partial charge in [0, 0.05) is 23.0 Å². The number of nitrogens with zero attached hydrogens (tertiary/aromatic N) is 2. The van der Waals surface area contributed by atoms with Gasteiger partial charge in [-0.2, -0.15) is 0 Å². The van der Waals surface area contributed by atoms with Gasteiger partial charge in [-0.15, -0.1) is 0 Å². The number of fused-ring (bicyclic) bond motifs is 1. The van der Waals surface area contributed by atoms with Crippen LogP contribution in [0.4, 0.5) is 0 Å². The molecule has 106 valence electrons. The lowest BCUT2D eigenvalue weighted by Gasteiger charge is -2.20. The number of aromatic nitrogens is 2. The summed E-state index contributed by atoms with van der Waals surface area (Å²) in [6.45, 7) is 2.96. The summed E-state index contributed by atoms with van der Waals surface area (Å²) in [5, 5.41) is 4.26. The van der Waals surface area contributed by atoms with E-state index in [1.807, 2.05) is 36.4 Å². The molecule has 1 heterocycles. The molecular formula is C17H16ClN3. The zero-order valence-corrected chi connectivity index (χ0v) is 12.5. The molecule has 3 rings (SSSR count). The topological polar surface area (TPSA) is 37.8 Å². The van der Waals surface area contributed by atoms with E-state index in [0.717, 1.165) is 28.2 Å². The van der Waals surface area contributed by atoms with Crippen molar-refractivity contribution in [1.82, 2.24) is 15.3 Å². The standard InChI is InChI=1S/C17H16ClN3/c1-2-19-16(12-6-8-13(18)9-7-12)14-4-3-5-15-17(14)21-11-10-20-15/h3-11,16,19H,2H2,1H3. The Kier molecular flexibility index (Phi) is 4.13. The molecule has 0 amide bonds. The van der Waals surface area contributed by atoms with Crippen LogP contribution >= 0.6 is 11.6 Å². The highest BCUT2D eigenvalue weighted by molar-refractivity contribution is 6.30. The second-order valence-electron chi connectivity index (χ2n) is 4.81.